The van der Waals surface area contributed by atoms with Crippen LogP contribution in [0.25, 0.3) is 0 Å². The molecule has 5 heteroatoms. The molecule has 0 saturated carbocycles. The van der Waals surface area contributed by atoms with Crippen LogP contribution >= 0.6 is 0 Å². The van der Waals surface area contributed by atoms with Gasteiger partial charge in [-0.1, -0.05) is 6.92 Å². The van der Waals surface area contributed by atoms with Gasteiger partial charge in [0.25, 0.3) is 0 Å². The third-order valence-corrected chi connectivity index (χ3v) is 4.40. The van der Waals surface area contributed by atoms with Crippen LogP contribution in [0.4, 0.5) is 0 Å². The number of hydrogen-bond acceptors (Lipinski definition) is 4. The molecule has 0 atom stereocenters. The third kappa shape index (κ3) is 5.57. The van der Waals surface area contributed by atoms with Crippen molar-refractivity contribution in [1.29, 1.82) is 0 Å². The molecular weight excluding hydrogens is 268 g/mol. The first kappa shape index (κ1) is 18.4. The predicted molar refractivity (Wildman–Crippen MR) is 84.4 cm³/mol. The topological polar surface area (TPSA) is 50.8 Å². The van der Waals surface area contributed by atoms with Crippen molar-refractivity contribution >= 4 is 5.91 Å². The minimum atomic E-state index is -0.191. The average Bonchev–Trinajstić information content (AvgIpc) is 2.53. The van der Waals surface area contributed by atoms with Crippen LogP contribution in [0.5, 0.6) is 0 Å². The number of hydrogen-bond donors (Lipinski definition) is 1. The highest BCUT2D eigenvalue weighted by Gasteiger charge is 2.40. The Bertz CT molecular complexity index is 281. The Morgan fingerprint density at radius 3 is 2.00 bits per heavy atom. The van der Waals surface area contributed by atoms with Gasteiger partial charge in [0.1, 0.15) is 0 Å². The van der Waals surface area contributed by atoms with Crippen molar-refractivity contribution in [2.45, 2.75) is 40.0 Å². The van der Waals surface area contributed by atoms with Crippen molar-refractivity contribution in [3.05, 3.63) is 0 Å². The van der Waals surface area contributed by atoms with E-state index in [-0.39, 0.29) is 11.3 Å². The molecule has 0 spiro atoms. The number of ether oxygens (including phenoxy) is 2. The van der Waals surface area contributed by atoms with E-state index in [1.54, 1.807) is 0 Å². The van der Waals surface area contributed by atoms with Crippen LogP contribution < -0.4 is 5.32 Å². The Hall–Kier alpha value is -0.650. The summed E-state index contributed by atoms with van der Waals surface area (Å²) in [5.74, 6) is 0.283. The van der Waals surface area contributed by atoms with E-state index in [4.69, 9.17) is 9.47 Å². The molecule has 1 aliphatic rings. The number of nitrogens with zero attached hydrogens (tertiary/aromatic N) is 1. The van der Waals surface area contributed by atoms with Crippen molar-refractivity contribution in [2.75, 3.05) is 52.6 Å². The third-order valence-electron chi connectivity index (χ3n) is 4.40. The Labute approximate surface area is 129 Å². The van der Waals surface area contributed by atoms with Crippen molar-refractivity contribution in [3.8, 4) is 0 Å². The summed E-state index contributed by atoms with van der Waals surface area (Å²) in [6, 6.07) is 0. The van der Waals surface area contributed by atoms with Gasteiger partial charge in [0.15, 0.2) is 0 Å². The lowest BCUT2D eigenvalue weighted by atomic mass is 9.75. The number of nitrogens with one attached hydrogen (secondary N) is 1. The lowest BCUT2D eigenvalue weighted by Crippen LogP contribution is -2.50. The summed E-state index contributed by atoms with van der Waals surface area (Å²) in [6.07, 6.45) is 2.78. The second-order valence-electron chi connectivity index (χ2n) is 5.57. The number of piperidine rings is 1. The van der Waals surface area contributed by atoms with Gasteiger partial charge >= 0.3 is 0 Å². The molecular formula is C16H32N2O3. The molecule has 0 bridgehead atoms. The molecule has 0 aromatic heterocycles. The number of carbonyl (C=O) groups excluding carboxylic acids is 1. The standard InChI is InChI=1S/C16H32N2O3/c1-4-16(7-9-17-10-8-16)15(19)18(11-13-20-5-2)12-14-21-6-3/h17H,4-14H2,1-3H3. The normalized spacial score (nSPS) is 17.7. The van der Waals surface area contributed by atoms with Crippen LogP contribution in [-0.2, 0) is 14.3 Å². The van der Waals surface area contributed by atoms with Crippen molar-refractivity contribution in [2.24, 2.45) is 5.41 Å². The Morgan fingerprint density at radius 2 is 1.57 bits per heavy atom. The average molecular weight is 300 g/mol. The van der Waals surface area contributed by atoms with Crippen LogP contribution in [0.2, 0.25) is 0 Å². The fourth-order valence-electron chi connectivity index (χ4n) is 2.91. The molecule has 1 amide bonds. The van der Waals surface area contributed by atoms with Gasteiger partial charge in [0.05, 0.1) is 18.6 Å². The summed E-state index contributed by atoms with van der Waals surface area (Å²) in [6.45, 7) is 11.9. The molecule has 5 nitrogen and oxygen atoms in total. The highest BCUT2D eigenvalue weighted by atomic mass is 16.5. The van der Waals surface area contributed by atoms with E-state index in [0.29, 0.717) is 39.5 Å². The summed E-state index contributed by atoms with van der Waals surface area (Å²) in [5.41, 5.74) is -0.191. The SMILES string of the molecule is CCOCCN(CCOCC)C(=O)C1(CC)CCNCC1. The molecule has 1 fully saturated rings. The molecule has 0 aromatic rings. The number of amides is 1. The lowest BCUT2D eigenvalue weighted by molar-refractivity contribution is -0.145. The summed E-state index contributed by atoms with van der Waals surface area (Å²) < 4.78 is 10.9. The van der Waals surface area contributed by atoms with Crippen LogP contribution in [-0.4, -0.2) is 63.4 Å². The van der Waals surface area contributed by atoms with Crippen LogP contribution in [0.15, 0.2) is 0 Å². The van der Waals surface area contributed by atoms with E-state index >= 15 is 0 Å². The molecule has 0 aromatic carbocycles. The van der Waals surface area contributed by atoms with Gasteiger partial charge in [-0.2, -0.15) is 0 Å². The maximum Gasteiger partial charge on any atom is 0.229 e. The molecule has 124 valence electrons. The van der Waals surface area contributed by atoms with Crippen LogP contribution in [0.1, 0.15) is 40.0 Å². The maximum absolute atomic E-state index is 13.0. The maximum atomic E-state index is 13.0. The summed E-state index contributed by atoms with van der Waals surface area (Å²) >= 11 is 0. The van der Waals surface area contributed by atoms with Gasteiger partial charge in [0, 0.05) is 26.3 Å². The molecule has 0 aliphatic carbocycles. The number of rotatable bonds is 10. The Morgan fingerprint density at radius 1 is 1.05 bits per heavy atom. The summed E-state index contributed by atoms with van der Waals surface area (Å²) in [7, 11) is 0. The van der Waals surface area contributed by atoms with Crippen molar-refractivity contribution in [1.82, 2.24) is 10.2 Å². The van der Waals surface area contributed by atoms with Gasteiger partial charge in [-0.3, -0.25) is 4.79 Å². The zero-order valence-corrected chi connectivity index (χ0v) is 14.0. The molecule has 1 rings (SSSR count). The van der Waals surface area contributed by atoms with E-state index in [9.17, 15) is 4.79 Å². The lowest BCUT2D eigenvalue weighted by Gasteiger charge is -2.39. The smallest absolute Gasteiger partial charge is 0.229 e. The monoisotopic (exact) mass is 300 g/mol. The molecule has 1 N–H and O–H groups in total. The van der Waals surface area contributed by atoms with Gasteiger partial charge < -0.3 is 19.7 Å². The van der Waals surface area contributed by atoms with E-state index in [1.807, 2.05) is 18.7 Å². The predicted octanol–water partition coefficient (Wildman–Crippen LogP) is 1.67. The minimum Gasteiger partial charge on any atom is -0.380 e. The minimum absolute atomic E-state index is 0.191. The molecule has 1 aliphatic heterocycles. The summed E-state index contributed by atoms with van der Waals surface area (Å²) in [4.78, 5) is 15.0. The van der Waals surface area contributed by atoms with E-state index in [2.05, 4.69) is 12.2 Å². The molecule has 1 heterocycles. The van der Waals surface area contributed by atoms with Gasteiger partial charge in [-0.05, 0) is 46.2 Å². The Balaban J connectivity index is 2.65. The highest BCUT2D eigenvalue weighted by molar-refractivity contribution is 5.83. The fourth-order valence-corrected chi connectivity index (χ4v) is 2.91. The molecule has 0 unspecified atom stereocenters. The first-order valence-electron chi connectivity index (χ1n) is 8.35. The Kier molecular flexibility index (Phi) is 8.88. The number of carbonyl (C=O) groups is 1. The molecule has 1 saturated heterocycles. The quantitative estimate of drug-likeness (QED) is 0.624. The van der Waals surface area contributed by atoms with E-state index in [0.717, 1.165) is 32.4 Å². The first-order chi connectivity index (χ1) is 10.2. The first-order valence-corrected chi connectivity index (χ1v) is 8.35. The van der Waals surface area contributed by atoms with Crippen LogP contribution in [0, 0.1) is 5.41 Å². The molecule has 0 radical (unpaired) electrons. The van der Waals surface area contributed by atoms with Crippen LogP contribution in [0.3, 0.4) is 0 Å². The van der Waals surface area contributed by atoms with Crippen molar-refractivity contribution in [3.63, 3.8) is 0 Å². The van der Waals surface area contributed by atoms with Crippen molar-refractivity contribution < 1.29 is 14.3 Å². The largest absolute Gasteiger partial charge is 0.380 e. The fraction of sp³-hybridized carbons (Fsp3) is 0.938. The van der Waals surface area contributed by atoms with E-state index < -0.39 is 0 Å². The summed E-state index contributed by atoms with van der Waals surface area (Å²) in [5, 5.41) is 3.35. The van der Waals surface area contributed by atoms with Gasteiger partial charge in [-0.25, -0.2) is 0 Å². The molecule has 21 heavy (non-hydrogen) atoms. The zero-order valence-electron chi connectivity index (χ0n) is 14.0. The second-order valence-corrected chi connectivity index (χ2v) is 5.57. The zero-order chi connectivity index (χ0) is 15.6. The van der Waals surface area contributed by atoms with Gasteiger partial charge in [-0.15, -0.1) is 0 Å². The van der Waals surface area contributed by atoms with E-state index in [1.165, 1.54) is 0 Å². The highest BCUT2D eigenvalue weighted by Crippen LogP contribution is 2.34. The second kappa shape index (κ2) is 10.1. The van der Waals surface area contributed by atoms with Gasteiger partial charge in [0.2, 0.25) is 5.91 Å².